The lowest BCUT2D eigenvalue weighted by Crippen LogP contribution is -2.39. The summed E-state index contributed by atoms with van der Waals surface area (Å²) in [5.41, 5.74) is -0.441. The molecule has 2 N–H and O–H groups in total. The number of alkyl halides is 3. The topological polar surface area (TPSA) is 49.3 Å². The largest absolute Gasteiger partial charge is 0.481 e. The normalized spacial score (nSPS) is 23.6. The molecule has 1 aliphatic heterocycles. The van der Waals surface area contributed by atoms with Gasteiger partial charge in [0.25, 0.3) is 0 Å². The molecule has 1 heterocycles. The Morgan fingerprint density at radius 3 is 2.65 bits per heavy atom. The number of aliphatic carboxylic acids is 1. The minimum atomic E-state index is -4.39. The predicted octanol–water partition coefficient (Wildman–Crippen LogP) is 3.36. The van der Waals surface area contributed by atoms with Crippen molar-refractivity contribution in [2.75, 3.05) is 0 Å². The Balaban J connectivity index is 2.21. The Kier molecular flexibility index (Phi) is 4.32. The highest BCUT2D eigenvalue weighted by atomic mass is 19.4. The summed E-state index contributed by atoms with van der Waals surface area (Å²) in [5, 5.41) is 11.8. The van der Waals surface area contributed by atoms with Gasteiger partial charge in [0.2, 0.25) is 0 Å². The third-order valence-corrected chi connectivity index (χ3v) is 3.54. The fourth-order valence-electron chi connectivity index (χ4n) is 2.70. The van der Waals surface area contributed by atoms with Crippen LogP contribution in [0.3, 0.4) is 0 Å². The average molecular weight is 287 g/mol. The molecule has 1 saturated heterocycles. The molecule has 3 nitrogen and oxygen atoms in total. The van der Waals surface area contributed by atoms with E-state index in [1.807, 2.05) is 0 Å². The van der Waals surface area contributed by atoms with Gasteiger partial charge in [0, 0.05) is 12.1 Å². The van der Waals surface area contributed by atoms with Crippen molar-refractivity contribution >= 4 is 5.97 Å². The lowest BCUT2D eigenvalue weighted by Gasteiger charge is -2.32. The average Bonchev–Trinajstić information content (AvgIpc) is 2.37. The molecule has 2 atom stereocenters. The molecule has 0 aromatic heterocycles. The molecule has 6 heteroatoms. The number of carboxylic acid groups (broad SMARTS) is 1. The van der Waals surface area contributed by atoms with Crippen molar-refractivity contribution in [1.82, 2.24) is 5.32 Å². The summed E-state index contributed by atoms with van der Waals surface area (Å²) in [5.74, 6) is -0.938. The molecule has 2 unspecified atom stereocenters. The van der Waals surface area contributed by atoms with Gasteiger partial charge in [-0.1, -0.05) is 18.2 Å². The molecule has 2 rings (SSSR count). The Labute approximate surface area is 114 Å². The molecule has 0 amide bonds. The standard InChI is InChI=1S/C14H16F3NO2/c15-14(16,17)11-6-2-1-5-10(11)12-7-3-4-9(18-12)8-13(19)20/h1-2,5-6,9,12,18H,3-4,7-8H2,(H,19,20). The van der Waals surface area contributed by atoms with Gasteiger partial charge in [-0.3, -0.25) is 4.79 Å². The van der Waals surface area contributed by atoms with Gasteiger partial charge in [0.05, 0.1) is 12.0 Å². The van der Waals surface area contributed by atoms with Crippen molar-refractivity contribution in [2.24, 2.45) is 0 Å². The number of rotatable bonds is 3. The number of hydrogen-bond acceptors (Lipinski definition) is 2. The molecule has 1 fully saturated rings. The Hall–Kier alpha value is -1.56. The van der Waals surface area contributed by atoms with Crippen molar-refractivity contribution in [3.63, 3.8) is 0 Å². The van der Waals surface area contributed by atoms with E-state index in [1.54, 1.807) is 6.07 Å². The van der Waals surface area contributed by atoms with E-state index in [0.717, 1.165) is 12.5 Å². The third kappa shape index (κ3) is 3.50. The number of benzene rings is 1. The SMILES string of the molecule is O=C(O)CC1CCCC(c2ccccc2C(F)(F)F)N1. The summed E-state index contributed by atoms with van der Waals surface area (Å²) in [4.78, 5) is 10.7. The predicted molar refractivity (Wildman–Crippen MR) is 67.2 cm³/mol. The van der Waals surface area contributed by atoms with Crippen molar-refractivity contribution < 1.29 is 23.1 Å². The quantitative estimate of drug-likeness (QED) is 0.896. The second-order valence-electron chi connectivity index (χ2n) is 5.03. The van der Waals surface area contributed by atoms with E-state index in [4.69, 9.17) is 5.11 Å². The van der Waals surface area contributed by atoms with Crippen LogP contribution in [-0.2, 0) is 11.0 Å². The fourth-order valence-corrected chi connectivity index (χ4v) is 2.70. The van der Waals surface area contributed by atoms with Crippen molar-refractivity contribution in [2.45, 2.75) is 43.9 Å². The fraction of sp³-hybridized carbons (Fsp3) is 0.500. The van der Waals surface area contributed by atoms with Crippen LogP contribution in [0.2, 0.25) is 0 Å². The number of piperidine rings is 1. The first-order valence-corrected chi connectivity index (χ1v) is 6.52. The summed E-state index contributed by atoms with van der Waals surface area (Å²) in [6.07, 6.45) is -2.47. The maximum Gasteiger partial charge on any atom is 0.416 e. The van der Waals surface area contributed by atoms with Gasteiger partial charge in [-0.2, -0.15) is 13.2 Å². The van der Waals surface area contributed by atoms with E-state index >= 15 is 0 Å². The van der Waals surface area contributed by atoms with Crippen LogP contribution in [0.25, 0.3) is 0 Å². The minimum Gasteiger partial charge on any atom is -0.481 e. The van der Waals surface area contributed by atoms with Gasteiger partial charge in [-0.15, -0.1) is 0 Å². The molecular weight excluding hydrogens is 271 g/mol. The van der Waals surface area contributed by atoms with Gasteiger partial charge in [0.15, 0.2) is 0 Å². The summed E-state index contributed by atoms with van der Waals surface area (Å²) >= 11 is 0. The molecule has 20 heavy (non-hydrogen) atoms. The first-order valence-electron chi connectivity index (χ1n) is 6.52. The summed E-state index contributed by atoms with van der Waals surface area (Å²) in [6, 6.07) is 4.76. The Bertz CT molecular complexity index is 488. The number of nitrogens with one attached hydrogen (secondary N) is 1. The zero-order valence-electron chi connectivity index (χ0n) is 10.8. The van der Waals surface area contributed by atoms with E-state index in [1.165, 1.54) is 12.1 Å². The Morgan fingerprint density at radius 2 is 2.00 bits per heavy atom. The second kappa shape index (κ2) is 5.83. The number of carbonyl (C=O) groups is 1. The summed E-state index contributed by atoms with van der Waals surface area (Å²) in [6.45, 7) is 0. The molecule has 0 bridgehead atoms. The van der Waals surface area contributed by atoms with Crippen LogP contribution in [0.1, 0.15) is 42.9 Å². The lowest BCUT2D eigenvalue weighted by molar-refractivity contribution is -0.139. The molecule has 1 aromatic carbocycles. The van der Waals surface area contributed by atoms with E-state index in [-0.39, 0.29) is 18.0 Å². The highest BCUT2D eigenvalue weighted by molar-refractivity contribution is 5.67. The van der Waals surface area contributed by atoms with Crippen LogP contribution in [-0.4, -0.2) is 17.1 Å². The van der Waals surface area contributed by atoms with Gasteiger partial charge < -0.3 is 10.4 Å². The van der Waals surface area contributed by atoms with Gasteiger partial charge in [0.1, 0.15) is 0 Å². The molecule has 0 aliphatic carbocycles. The van der Waals surface area contributed by atoms with E-state index in [9.17, 15) is 18.0 Å². The highest BCUT2D eigenvalue weighted by Gasteiger charge is 2.36. The van der Waals surface area contributed by atoms with Crippen molar-refractivity contribution in [1.29, 1.82) is 0 Å². The Morgan fingerprint density at radius 1 is 1.30 bits per heavy atom. The zero-order chi connectivity index (χ0) is 14.8. The third-order valence-electron chi connectivity index (χ3n) is 3.54. The molecular formula is C14H16F3NO2. The molecule has 1 aromatic rings. The van der Waals surface area contributed by atoms with E-state index in [2.05, 4.69) is 5.32 Å². The van der Waals surface area contributed by atoms with Crippen LogP contribution in [0.4, 0.5) is 13.2 Å². The maximum absolute atomic E-state index is 13.0. The molecule has 1 aliphatic rings. The molecule has 0 spiro atoms. The van der Waals surface area contributed by atoms with Crippen LogP contribution in [0, 0.1) is 0 Å². The maximum atomic E-state index is 13.0. The van der Waals surface area contributed by atoms with Crippen molar-refractivity contribution in [3.8, 4) is 0 Å². The number of carboxylic acids is 1. The van der Waals surface area contributed by atoms with E-state index < -0.39 is 23.8 Å². The van der Waals surface area contributed by atoms with Crippen LogP contribution in [0.15, 0.2) is 24.3 Å². The van der Waals surface area contributed by atoms with Gasteiger partial charge >= 0.3 is 12.1 Å². The summed E-state index contributed by atoms with van der Waals surface area (Å²) < 4.78 is 39.0. The zero-order valence-corrected chi connectivity index (χ0v) is 10.8. The number of hydrogen-bond donors (Lipinski definition) is 2. The molecule has 0 saturated carbocycles. The van der Waals surface area contributed by atoms with Gasteiger partial charge in [-0.05, 0) is 30.9 Å². The van der Waals surface area contributed by atoms with Crippen LogP contribution in [0.5, 0.6) is 0 Å². The lowest BCUT2D eigenvalue weighted by atomic mass is 9.89. The number of halogens is 3. The molecule has 0 radical (unpaired) electrons. The van der Waals surface area contributed by atoms with Crippen LogP contribution >= 0.6 is 0 Å². The minimum absolute atomic E-state index is 0.0648. The van der Waals surface area contributed by atoms with E-state index in [0.29, 0.717) is 12.8 Å². The monoisotopic (exact) mass is 287 g/mol. The highest BCUT2D eigenvalue weighted by Crippen LogP contribution is 2.37. The smallest absolute Gasteiger partial charge is 0.416 e. The van der Waals surface area contributed by atoms with Crippen molar-refractivity contribution in [3.05, 3.63) is 35.4 Å². The summed E-state index contributed by atoms with van der Waals surface area (Å²) in [7, 11) is 0. The first kappa shape index (κ1) is 14.8. The van der Waals surface area contributed by atoms with Crippen LogP contribution < -0.4 is 5.32 Å². The van der Waals surface area contributed by atoms with Gasteiger partial charge in [-0.25, -0.2) is 0 Å². The second-order valence-corrected chi connectivity index (χ2v) is 5.03. The first-order chi connectivity index (χ1) is 9.38. The molecule has 110 valence electrons.